The molecule has 4 heteroatoms. The molecule has 106 valence electrons. The zero-order valence-corrected chi connectivity index (χ0v) is 11.8. The molecule has 0 amide bonds. The molecule has 4 nitrogen and oxygen atoms in total. The van der Waals surface area contributed by atoms with E-state index >= 15 is 0 Å². The standard InChI is InChI=1S/C15H22O4/c1-7(2)4-8(3)14(16)19-13-10-5-9-6-11(10)15(17)18-12(9)13/h7-13H,4-6H2,1-3H3. The molecule has 2 aliphatic carbocycles. The topological polar surface area (TPSA) is 52.6 Å². The molecule has 0 N–H and O–H groups in total. The van der Waals surface area contributed by atoms with Gasteiger partial charge in [-0.15, -0.1) is 0 Å². The third-order valence-corrected chi connectivity index (χ3v) is 4.89. The SMILES string of the molecule is CC(C)CC(C)C(=O)OC1C2CC3CC2C(=O)OC31. The second-order valence-electron chi connectivity index (χ2n) is 6.84. The third-order valence-electron chi connectivity index (χ3n) is 4.89. The monoisotopic (exact) mass is 266 g/mol. The van der Waals surface area contributed by atoms with Crippen molar-refractivity contribution in [3.8, 4) is 0 Å². The molecule has 0 aromatic heterocycles. The summed E-state index contributed by atoms with van der Waals surface area (Å²) in [7, 11) is 0. The Morgan fingerprint density at radius 2 is 2.11 bits per heavy atom. The minimum absolute atomic E-state index is 0.0202. The number of esters is 2. The highest BCUT2D eigenvalue weighted by atomic mass is 16.6. The predicted molar refractivity (Wildman–Crippen MR) is 68.1 cm³/mol. The Balaban J connectivity index is 1.63. The van der Waals surface area contributed by atoms with Crippen LogP contribution < -0.4 is 0 Å². The van der Waals surface area contributed by atoms with Crippen molar-refractivity contribution in [3.63, 3.8) is 0 Å². The Kier molecular flexibility index (Phi) is 3.06. The molecule has 2 heterocycles. The first-order chi connectivity index (χ1) is 8.97. The molecule has 4 fully saturated rings. The van der Waals surface area contributed by atoms with Gasteiger partial charge in [-0.1, -0.05) is 20.8 Å². The van der Waals surface area contributed by atoms with E-state index in [2.05, 4.69) is 13.8 Å². The van der Waals surface area contributed by atoms with E-state index in [0.717, 1.165) is 19.3 Å². The highest BCUT2D eigenvalue weighted by Gasteiger charge is 2.63. The summed E-state index contributed by atoms with van der Waals surface area (Å²) in [6.07, 6.45) is 2.41. The average molecular weight is 266 g/mol. The molecule has 4 rings (SSSR count). The van der Waals surface area contributed by atoms with Gasteiger partial charge in [-0.3, -0.25) is 9.59 Å². The quantitative estimate of drug-likeness (QED) is 0.732. The van der Waals surface area contributed by atoms with Crippen LogP contribution in [0.15, 0.2) is 0 Å². The van der Waals surface area contributed by atoms with Crippen LogP contribution in [0.1, 0.15) is 40.0 Å². The molecule has 6 atom stereocenters. The molecule has 6 unspecified atom stereocenters. The molecule has 2 saturated carbocycles. The van der Waals surface area contributed by atoms with Crippen LogP contribution in [0.4, 0.5) is 0 Å². The second kappa shape index (κ2) is 4.50. The van der Waals surface area contributed by atoms with Gasteiger partial charge in [0.2, 0.25) is 0 Å². The lowest BCUT2D eigenvalue weighted by Gasteiger charge is -2.40. The maximum Gasteiger partial charge on any atom is 0.309 e. The lowest BCUT2D eigenvalue weighted by Crippen LogP contribution is -2.51. The average Bonchev–Trinajstić information content (AvgIpc) is 2.84. The van der Waals surface area contributed by atoms with Gasteiger partial charge in [-0.25, -0.2) is 0 Å². The molecule has 2 aliphatic heterocycles. The van der Waals surface area contributed by atoms with Crippen LogP contribution >= 0.6 is 0 Å². The number of ether oxygens (including phenoxy) is 2. The lowest BCUT2D eigenvalue weighted by molar-refractivity contribution is -0.198. The van der Waals surface area contributed by atoms with Crippen LogP contribution in [0.25, 0.3) is 0 Å². The molecular formula is C15H22O4. The first-order valence-electron chi connectivity index (χ1n) is 7.38. The molecule has 0 spiro atoms. The number of hydrogen-bond donors (Lipinski definition) is 0. The summed E-state index contributed by atoms with van der Waals surface area (Å²) in [5.74, 6) is 0.815. The van der Waals surface area contributed by atoms with E-state index in [9.17, 15) is 9.59 Å². The molecule has 0 aromatic rings. The summed E-state index contributed by atoms with van der Waals surface area (Å²) in [5.41, 5.74) is 0. The predicted octanol–water partition coefficient (Wildman–Crippen LogP) is 2.16. The molecule has 2 saturated heterocycles. The third kappa shape index (κ3) is 2.05. The normalized spacial score (nSPS) is 40.6. The van der Waals surface area contributed by atoms with Gasteiger partial charge in [-0.2, -0.15) is 0 Å². The maximum absolute atomic E-state index is 12.1. The van der Waals surface area contributed by atoms with E-state index in [4.69, 9.17) is 9.47 Å². The number of carbonyl (C=O) groups excluding carboxylic acids is 2. The van der Waals surface area contributed by atoms with Crippen molar-refractivity contribution in [1.82, 2.24) is 0 Å². The van der Waals surface area contributed by atoms with Crippen LogP contribution in [-0.4, -0.2) is 24.1 Å². The van der Waals surface area contributed by atoms with Crippen LogP contribution in [-0.2, 0) is 19.1 Å². The summed E-state index contributed by atoms with van der Waals surface area (Å²) in [6.45, 7) is 6.12. The van der Waals surface area contributed by atoms with Crippen molar-refractivity contribution in [2.75, 3.05) is 0 Å². The first-order valence-corrected chi connectivity index (χ1v) is 7.38. The summed E-state index contributed by atoms with van der Waals surface area (Å²) < 4.78 is 11.1. The van der Waals surface area contributed by atoms with Gasteiger partial charge < -0.3 is 9.47 Å². The fourth-order valence-electron chi connectivity index (χ4n) is 4.12. The number of rotatable bonds is 4. The number of fused-ring (bicyclic) bond motifs is 1. The van der Waals surface area contributed by atoms with Crippen molar-refractivity contribution in [2.24, 2.45) is 29.6 Å². The fourth-order valence-corrected chi connectivity index (χ4v) is 4.12. The van der Waals surface area contributed by atoms with E-state index in [-0.39, 0.29) is 41.9 Å². The van der Waals surface area contributed by atoms with Gasteiger partial charge in [0.25, 0.3) is 0 Å². The van der Waals surface area contributed by atoms with Crippen molar-refractivity contribution < 1.29 is 19.1 Å². The van der Waals surface area contributed by atoms with Crippen molar-refractivity contribution >= 4 is 11.9 Å². The van der Waals surface area contributed by atoms with Gasteiger partial charge >= 0.3 is 11.9 Å². The van der Waals surface area contributed by atoms with Gasteiger partial charge in [0.05, 0.1) is 11.8 Å². The van der Waals surface area contributed by atoms with Crippen LogP contribution in [0.2, 0.25) is 0 Å². The molecular weight excluding hydrogens is 244 g/mol. The maximum atomic E-state index is 12.1. The largest absolute Gasteiger partial charge is 0.458 e. The minimum Gasteiger partial charge on any atom is -0.458 e. The zero-order chi connectivity index (χ0) is 13.7. The lowest BCUT2D eigenvalue weighted by atomic mass is 9.82. The summed E-state index contributed by atoms with van der Waals surface area (Å²) >= 11 is 0. The van der Waals surface area contributed by atoms with E-state index in [1.54, 1.807) is 0 Å². The number of carbonyl (C=O) groups is 2. The molecule has 0 radical (unpaired) electrons. The van der Waals surface area contributed by atoms with Gasteiger partial charge in [0.15, 0.2) is 0 Å². The Labute approximate surface area is 113 Å². The second-order valence-corrected chi connectivity index (χ2v) is 6.84. The van der Waals surface area contributed by atoms with E-state index < -0.39 is 0 Å². The Bertz CT molecular complexity index is 401. The minimum atomic E-state index is -0.177. The summed E-state index contributed by atoms with van der Waals surface area (Å²) in [6, 6.07) is 0. The highest BCUT2D eigenvalue weighted by molar-refractivity contribution is 5.77. The smallest absolute Gasteiger partial charge is 0.309 e. The Morgan fingerprint density at radius 3 is 2.74 bits per heavy atom. The van der Waals surface area contributed by atoms with E-state index in [1.807, 2.05) is 6.92 Å². The van der Waals surface area contributed by atoms with Gasteiger partial charge in [0.1, 0.15) is 12.2 Å². The van der Waals surface area contributed by atoms with Crippen molar-refractivity contribution in [3.05, 3.63) is 0 Å². The first kappa shape index (κ1) is 12.9. The van der Waals surface area contributed by atoms with Crippen LogP contribution in [0.5, 0.6) is 0 Å². The Hall–Kier alpha value is -1.06. The van der Waals surface area contributed by atoms with Crippen LogP contribution in [0, 0.1) is 29.6 Å². The van der Waals surface area contributed by atoms with E-state index in [0.29, 0.717) is 11.8 Å². The number of hydrogen-bond acceptors (Lipinski definition) is 4. The van der Waals surface area contributed by atoms with Gasteiger partial charge in [0, 0.05) is 11.8 Å². The Morgan fingerprint density at radius 1 is 1.37 bits per heavy atom. The summed E-state index contributed by atoms with van der Waals surface area (Å²) in [4.78, 5) is 23.7. The van der Waals surface area contributed by atoms with E-state index in [1.165, 1.54) is 0 Å². The summed E-state index contributed by atoms with van der Waals surface area (Å²) in [5, 5.41) is 0. The zero-order valence-electron chi connectivity index (χ0n) is 11.8. The van der Waals surface area contributed by atoms with Crippen molar-refractivity contribution in [2.45, 2.75) is 52.2 Å². The molecule has 19 heavy (non-hydrogen) atoms. The van der Waals surface area contributed by atoms with Crippen molar-refractivity contribution in [1.29, 1.82) is 0 Å². The highest BCUT2D eigenvalue weighted by Crippen LogP contribution is 2.55. The van der Waals surface area contributed by atoms with Gasteiger partial charge in [-0.05, 0) is 25.2 Å². The molecule has 0 aromatic carbocycles. The van der Waals surface area contributed by atoms with Crippen LogP contribution in [0.3, 0.4) is 0 Å². The molecule has 4 bridgehead atoms. The molecule has 4 aliphatic rings. The fraction of sp³-hybridized carbons (Fsp3) is 0.867.